The van der Waals surface area contributed by atoms with Crippen LogP contribution in [0.5, 0.6) is 0 Å². The number of thioether (sulfide) groups is 1. The SMILES string of the molecule is O=C(/C=C/c1ccco1)NCCC(=O)Nc1cccc(Cl)c1SC(F)F. The van der Waals surface area contributed by atoms with Gasteiger partial charge in [-0.25, -0.2) is 0 Å². The Labute approximate surface area is 157 Å². The summed E-state index contributed by atoms with van der Waals surface area (Å²) in [4.78, 5) is 23.7. The van der Waals surface area contributed by atoms with E-state index in [0.717, 1.165) is 0 Å². The molecule has 0 bridgehead atoms. The first kappa shape index (κ1) is 20.0. The first-order valence-corrected chi connectivity index (χ1v) is 8.74. The Morgan fingerprint density at radius 2 is 2.08 bits per heavy atom. The van der Waals surface area contributed by atoms with Crippen molar-refractivity contribution in [2.45, 2.75) is 17.1 Å². The fourth-order valence-corrected chi connectivity index (χ4v) is 2.84. The van der Waals surface area contributed by atoms with Gasteiger partial charge in [-0.15, -0.1) is 0 Å². The number of halogens is 3. The molecule has 26 heavy (non-hydrogen) atoms. The van der Waals surface area contributed by atoms with Crippen molar-refractivity contribution in [1.29, 1.82) is 0 Å². The maximum absolute atomic E-state index is 12.6. The number of anilines is 1. The Morgan fingerprint density at radius 3 is 2.77 bits per heavy atom. The molecule has 2 aromatic rings. The Hall–Kier alpha value is -2.32. The van der Waals surface area contributed by atoms with Crippen LogP contribution < -0.4 is 10.6 Å². The van der Waals surface area contributed by atoms with E-state index in [0.29, 0.717) is 5.76 Å². The lowest BCUT2D eigenvalue weighted by Crippen LogP contribution is -2.26. The Balaban J connectivity index is 1.82. The molecule has 0 aliphatic rings. The van der Waals surface area contributed by atoms with Crippen LogP contribution in [0.4, 0.5) is 14.5 Å². The van der Waals surface area contributed by atoms with E-state index in [1.54, 1.807) is 18.2 Å². The summed E-state index contributed by atoms with van der Waals surface area (Å²) in [5.74, 6) is -2.95. The van der Waals surface area contributed by atoms with Crippen LogP contribution in [0.25, 0.3) is 6.08 Å². The van der Waals surface area contributed by atoms with Crippen LogP contribution in [0.2, 0.25) is 5.02 Å². The van der Waals surface area contributed by atoms with Crippen LogP contribution in [0.3, 0.4) is 0 Å². The molecule has 0 radical (unpaired) electrons. The normalized spacial score (nSPS) is 11.1. The minimum Gasteiger partial charge on any atom is -0.465 e. The molecule has 0 aliphatic carbocycles. The highest BCUT2D eigenvalue weighted by Crippen LogP contribution is 2.37. The van der Waals surface area contributed by atoms with Gasteiger partial charge in [-0.1, -0.05) is 29.4 Å². The van der Waals surface area contributed by atoms with E-state index in [1.807, 2.05) is 0 Å². The van der Waals surface area contributed by atoms with Crippen molar-refractivity contribution in [2.75, 3.05) is 11.9 Å². The minimum atomic E-state index is -2.66. The van der Waals surface area contributed by atoms with Gasteiger partial charge in [0.2, 0.25) is 11.8 Å². The van der Waals surface area contributed by atoms with E-state index in [-0.39, 0.29) is 46.2 Å². The molecule has 0 fully saturated rings. The van der Waals surface area contributed by atoms with Gasteiger partial charge in [-0.2, -0.15) is 8.78 Å². The third-order valence-electron chi connectivity index (χ3n) is 3.04. The van der Waals surface area contributed by atoms with Gasteiger partial charge in [0.25, 0.3) is 5.76 Å². The first-order valence-electron chi connectivity index (χ1n) is 7.48. The molecule has 5 nitrogen and oxygen atoms in total. The molecule has 1 aromatic carbocycles. The van der Waals surface area contributed by atoms with Crippen molar-refractivity contribution in [3.8, 4) is 0 Å². The van der Waals surface area contributed by atoms with Crippen molar-refractivity contribution in [3.63, 3.8) is 0 Å². The lowest BCUT2D eigenvalue weighted by molar-refractivity contribution is -0.117. The summed E-state index contributed by atoms with van der Waals surface area (Å²) >= 11 is 6.16. The lowest BCUT2D eigenvalue weighted by atomic mass is 10.3. The number of nitrogens with one attached hydrogen (secondary N) is 2. The van der Waals surface area contributed by atoms with Crippen molar-refractivity contribution in [3.05, 3.63) is 53.5 Å². The van der Waals surface area contributed by atoms with Gasteiger partial charge in [0.1, 0.15) is 5.76 Å². The van der Waals surface area contributed by atoms with Gasteiger partial charge in [-0.05, 0) is 30.3 Å². The zero-order valence-corrected chi connectivity index (χ0v) is 14.9. The van der Waals surface area contributed by atoms with E-state index >= 15 is 0 Å². The first-order chi connectivity index (χ1) is 12.5. The molecule has 0 saturated heterocycles. The number of alkyl halides is 2. The smallest absolute Gasteiger partial charge is 0.289 e. The number of benzene rings is 1. The summed E-state index contributed by atoms with van der Waals surface area (Å²) < 4.78 is 30.3. The van der Waals surface area contributed by atoms with Gasteiger partial charge < -0.3 is 15.1 Å². The number of furan rings is 1. The second kappa shape index (κ2) is 9.98. The standard InChI is InChI=1S/C17H15ClF2N2O3S/c18-12-4-1-5-13(16(12)26-17(19)20)22-15(24)8-9-21-14(23)7-6-11-3-2-10-25-11/h1-7,10,17H,8-9H2,(H,21,23)(H,22,24)/b7-6+. The fraction of sp³-hybridized carbons (Fsp3) is 0.176. The van der Waals surface area contributed by atoms with Crippen LogP contribution in [-0.2, 0) is 9.59 Å². The quantitative estimate of drug-likeness (QED) is 0.508. The molecule has 0 aliphatic heterocycles. The molecule has 138 valence electrons. The highest BCUT2D eigenvalue weighted by atomic mass is 35.5. The highest BCUT2D eigenvalue weighted by Gasteiger charge is 2.15. The van der Waals surface area contributed by atoms with Crippen LogP contribution in [0, 0.1) is 0 Å². The van der Waals surface area contributed by atoms with Crippen LogP contribution in [-0.4, -0.2) is 24.1 Å². The predicted molar refractivity (Wildman–Crippen MR) is 97.3 cm³/mol. The van der Waals surface area contributed by atoms with Gasteiger partial charge >= 0.3 is 0 Å². The van der Waals surface area contributed by atoms with E-state index < -0.39 is 11.7 Å². The molecule has 2 amide bonds. The van der Waals surface area contributed by atoms with Gasteiger partial charge in [0.05, 0.1) is 21.9 Å². The van der Waals surface area contributed by atoms with Gasteiger partial charge in [0, 0.05) is 19.0 Å². The van der Waals surface area contributed by atoms with Crippen molar-refractivity contribution in [1.82, 2.24) is 5.32 Å². The topological polar surface area (TPSA) is 71.3 Å². The highest BCUT2D eigenvalue weighted by molar-refractivity contribution is 7.99. The molecule has 0 atom stereocenters. The van der Waals surface area contributed by atoms with E-state index in [2.05, 4.69) is 10.6 Å². The molecule has 1 heterocycles. The van der Waals surface area contributed by atoms with Crippen molar-refractivity contribution < 1.29 is 22.8 Å². The average Bonchev–Trinajstić information content (AvgIpc) is 3.09. The Bertz CT molecular complexity index is 782. The van der Waals surface area contributed by atoms with Crippen LogP contribution >= 0.6 is 23.4 Å². The van der Waals surface area contributed by atoms with Crippen LogP contribution in [0.15, 0.2) is 52.0 Å². The summed E-state index contributed by atoms with van der Waals surface area (Å²) in [6.45, 7) is 0.0883. The second-order valence-electron chi connectivity index (χ2n) is 4.93. The maximum Gasteiger partial charge on any atom is 0.289 e. The number of hydrogen-bond donors (Lipinski definition) is 2. The summed E-state index contributed by atoms with van der Waals surface area (Å²) in [5.41, 5.74) is 0.205. The summed E-state index contributed by atoms with van der Waals surface area (Å²) in [6.07, 6.45) is 4.24. The molecule has 2 N–H and O–H groups in total. The second-order valence-corrected chi connectivity index (χ2v) is 6.34. The summed E-state index contributed by atoms with van der Waals surface area (Å²) in [7, 11) is 0. The molecular weight excluding hydrogens is 386 g/mol. The molecule has 0 saturated carbocycles. The number of carbonyl (C=O) groups excluding carboxylic acids is 2. The third kappa shape index (κ3) is 6.53. The molecule has 1 aromatic heterocycles. The summed E-state index contributed by atoms with van der Waals surface area (Å²) in [6, 6.07) is 7.89. The Kier molecular flexibility index (Phi) is 7.68. The number of rotatable bonds is 8. The molecule has 0 spiro atoms. The van der Waals surface area contributed by atoms with E-state index in [1.165, 1.54) is 30.5 Å². The van der Waals surface area contributed by atoms with E-state index in [9.17, 15) is 18.4 Å². The monoisotopic (exact) mass is 400 g/mol. The molecule has 0 unspecified atom stereocenters. The zero-order valence-electron chi connectivity index (χ0n) is 13.4. The average molecular weight is 401 g/mol. The third-order valence-corrected chi connectivity index (χ3v) is 4.32. The number of carbonyl (C=O) groups is 2. The molecular formula is C17H15ClF2N2O3S. The van der Waals surface area contributed by atoms with Gasteiger partial charge in [-0.3, -0.25) is 9.59 Å². The Morgan fingerprint density at radius 1 is 1.27 bits per heavy atom. The maximum atomic E-state index is 12.6. The van der Waals surface area contributed by atoms with Crippen molar-refractivity contribution >= 4 is 46.9 Å². The molecule has 9 heteroatoms. The van der Waals surface area contributed by atoms with Crippen LogP contribution in [0.1, 0.15) is 12.2 Å². The van der Waals surface area contributed by atoms with Crippen molar-refractivity contribution in [2.24, 2.45) is 0 Å². The lowest BCUT2D eigenvalue weighted by Gasteiger charge is -2.12. The number of hydrogen-bond acceptors (Lipinski definition) is 4. The number of amides is 2. The largest absolute Gasteiger partial charge is 0.465 e. The fourth-order valence-electron chi connectivity index (χ4n) is 1.93. The minimum absolute atomic E-state index is 0.0222. The molecule has 2 rings (SSSR count). The zero-order chi connectivity index (χ0) is 18.9. The van der Waals surface area contributed by atoms with Gasteiger partial charge in [0.15, 0.2) is 0 Å². The summed E-state index contributed by atoms with van der Waals surface area (Å²) in [5, 5.41) is 5.19. The predicted octanol–water partition coefficient (Wildman–Crippen LogP) is 4.41. The van der Waals surface area contributed by atoms with E-state index in [4.69, 9.17) is 16.0 Å².